The highest BCUT2D eigenvalue weighted by Gasteiger charge is 2.14. The Hall–Kier alpha value is -4.06. The van der Waals surface area contributed by atoms with Crippen molar-refractivity contribution in [2.45, 2.75) is 13.0 Å². The lowest BCUT2D eigenvalue weighted by molar-refractivity contribution is 0.355. The average Bonchev–Trinajstić information content (AvgIpc) is 3.50. The predicted octanol–water partition coefficient (Wildman–Crippen LogP) is 5.72. The van der Waals surface area contributed by atoms with Gasteiger partial charge in [0.25, 0.3) is 0 Å². The molecule has 1 atom stereocenters. The molecule has 160 valence electrons. The summed E-state index contributed by atoms with van der Waals surface area (Å²) in [5, 5.41) is 5.68. The highest BCUT2D eigenvalue weighted by atomic mass is 16.5. The average molecular weight is 425 g/mol. The van der Waals surface area contributed by atoms with Crippen LogP contribution >= 0.6 is 0 Å². The number of aromatic amines is 1. The van der Waals surface area contributed by atoms with Crippen molar-refractivity contribution in [3.63, 3.8) is 0 Å². The summed E-state index contributed by atoms with van der Waals surface area (Å²) in [5.41, 5.74) is 6.19. The Labute approximate surface area is 186 Å². The molecular formula is C26H24N4O2. The van der Waals surface area contributed by atoms with Crippen LogP contribution in [0.25, 0.3) is 33.3 Å². The number of hydrogen-bond acceptors (Lipinski definition) is 4. The van der Waals surface area contributed by atoms with Crippen LogP contribution in [0.2, 0.25) is 0 Å². The monoisotopic (exact) mass is 424 g/mol. The third-order valence-corrected chi connectivity index (χ3v) is 5.84. The van der Waals surface area contributed by atoms with Crippen LogP contribution in [-0.4, -0.2) is 34.0 Å². The van der Waals surface area contributed by atoms with Crippen LogP contribution in [0.5, 0.6) is 11.5 Å². The number of pyridine rings is 1. The van der Waals surface area contributed by atoms with Crippen molar-refractivity contribution in [2.24, 2.45) is 0 Å². The van der Waals surface area contributed by atoms with E-state index in [-0.39, 0.29) is 6.04 Å². The molecule has 0 aliphatic heterocycles. The maximum atomic E-state index is 5.46. The summed E-state index contributed by atoms with van der Waals surface area (Å²) in [4.78, 5) is 7.92. The van der Waals surface area contributed by atoms with Gasteiger partial charge in [-0.2, -0.15) is 5.10 Å². The number of rotatable bonds is 6. The fourth-order valence-corrected chi connectivity index (χ4v) is 3.99. The predicted molar refractivity (Wildman–Crippen MR) is 126 cm³/mol. The Morgan fingerprint density at radius 1 is 0.875 bits per heavy atom. The summed E-state index contributed by atoms with van der Waals surface area (Å²) in [6, 6.07) is 18.6. The van der Waals surface area contributed by atoms with Gasteiger partial charge >= 0.3 is 0 Å². The molecule has 0 aliphatic carbocycles. The van der Waals surface area contributed by atoms with Gasteiger partial charge < -0.3 is 14.5 Å². The van der Waals surface area contributed by atoms with E-state index in [9.17, 15) is 0 Å². The fourth-order valence-electron chi connectivity index (χ4n) is 3.99. The molecule has 1 unspecified atom stereocenters. The number of aromatic nitrogens is 4. The highest BCUT2D eigenvalue weighted by molar-refractivity contribution is 5.95. The van der Waals surface area contributed by atoms with Crippen LogP contribution in [0.1, 0.15) is 18.5 Å². The summed E-state index contributed by atoms with van der Waals surface area (Å²) in [6.07, 6.45) is 7.85. The fraction of sp³-hybridized carbons (Fsp3) is 0.154. The van der Waals surface area contributed by atoms with Gasteiger partial charge in [0.2, 0.25) is 0 Å². The van der Waals surface area contributed by atoms with Crippen molar-refractivity contribution in [1.29, 1.82) is 0 Å². The minimum Gasteiger partial charge on any atom is -0.493 e. The molecule has 3 aromatic heterocycles. The topological polar surface area (TPSA) is 65.0 Å². The molecule has 0 amide bonds. The van der Waals surface area contributed by atoms with Gasteiger partial charge in [-0.25, -0.2) is 4.98 Å². The van der Waals surface area contributed by atoms with E-state index in [1.54, 1.807) is 14.2 Å². The minimum absolute atomic E-state index is 0.149. The summed E-state index contributed by atoms with van der Waals surface area (Å²) in [7, 11) is 3.28. The van der Waals surface area contributed by atoms with Gasteiger partial charge in [0.1, 0.15) is 5.65 Å². The van der Waals surface area contributed by atoms with E-state index < -0.39 is 0 Å². The number of benzene rings is 2. The van der Waals surface area contributed by atoms with Crippen LogP contribution in [0.3, 0.4) is 0 Å². The van der Waals surface area contributed by atoms with Crippen molar-refractivity contribution < 1.29 is 9.47 Å². The molecule has 3 heterocycles. The van der Waals surface area contributed by atoms with Gasteiger partial charge in [-0.05, 0) is 36.2 Å². The van der Waals surface area contributed by atoms with Crippen molar-refractivity contribution in [3.8, 4) is 33.8 Å². The van der Waals surface area contributed by atoms with E-state index in [1.807, 2.05) is 47.5 Å². The van der Waals surface area contributed by atoms with Gasteiger partial charge in [0.05, 0.1) is 26.5 Å². The summed E-state index contributed by atoms with van der Waals surface area (Å²) in [6.45, 7) is 2.15. The molecule has 6 nitrogen and oxygen atoms in total. The van der Waals surface area contributed by atoms with Gasteiger partial charge in [-0.15, -0.1) is 0 Å². The molecule has 0 saturated carbocycles. The van der Waals surface area contributed by atoms with Crippen LogP contribution in [0, 0.1) is 0 Å². The normalized spacial score (nSPS) is 12.1. The van der Waals surface area contributed by atoms with Crippen molar-refractivity contribution in [3.05, 3.63) is 84.9 Å². The molecule has 0 fully saturated rings. The smallest absolute Gasteiger partial charge is 0.161 e. The molecule has 0 spiro atoms. The van der Waals surface area contributed by atoms with Crippen molar-refractivity contribution in [1.82, 2.24) is 19.7 Å². The van der Waals surface area contributed by atoms with Crippen LogP contribution in [-0.2, 0) is 0 Å². The Bertz CT molecular complexity index is 1370. The third-order valence-electron chi connectivity index (χ3n) is 5.84. The van der Waals surface area contributed by atoms with E-state index in [0.717, 1.165) is 33.3 Å². The lowest BCUT2D eigenvalue weighted by atomic mass is 10.0. The van der Waals surface area contributed by atoms with Crippen molar-refractivity contribution >= 4 is 11.0 Å². The van der Waals surface area contributed by atoms with E-state index in [2.05, 4.69) is 58.5 Å². The number of ether oxygens (including phenoxy) is 2. The second-order valence-corrected chi connectivity index (χ2v) is 7.69. The minimum atomic E-state index is 0.149. The first-order chi connectivity index (χ1) is 15.7. The number of methoxy groups -OCH3 is 2. The SMILES string of the molecule is COc1ccc(-c2cnc3[nH]cc(-c4cnn(C(C)c5ccccc5)c4)c3c2)cc1OC. The Balaban J connectivity index is 1.52. The second-order valence-electron chi connectivity index (χ2n) is 7.69. The molecule has 1 N–H and O–H groups in total. The molecular weight excluding hydrogens is 400 g/mol. The Morgan fingerprint density at radius 3 is 2.47 bits per heavy atom. The number of nitrogens with zero attached hydrogens (tertiary/aromatic N) is 3. The molecule has 0 aliphatic rings. The third kappa shape index (κ3) is 3.50. The van der Waals surface area contributed by atoms with Crippen LogP contribution in [0.15, 0.2) is 79.4 Å². The lowest BCUT2D eigenvalue weighted by Gasteiger charge is -2.12. The molecule has 6 heteroatoms. The van der Waals surface area contributed by atoms with Crippen LogP contribution in [0.4, 0.5) is 0 Å². The molecule has 0 saturated heterocycles. The number of hydrogen-bond donors (Lipinski definition) is 1. The molecule has 5 aromatic rings. The van der Waals surface area contributed by atoms with Gasteiger partial charge in [-0.3, -0.25) is 4.68 Å². The first kappa shape index (κ1) is 19.9. The van der Waals surface area contributed by atoms with E-state index in [0.29, 0.717) is 11.5 Å². The quantitative estimate of drug-likeness (QED) is 0.379. The largest absolute Gasteiger partial charge is 0.493 e. The molecule has 0 bridgehead atoms. The molecule has 5 rings (SSSR count). The van der Waals surface area contributed by atoms with E-state index in [1.165, 1.54) is 5.56 Å². The maximum Gasteiger partial charge on any atom is 0.161 e. The summed E-state index contributed by atoms with van der Waals surface area (Å²) < 4.78 is 12.8. The number of H-pyrrole nitrogens is 1. The Kier molecular flexibility index (Phi) is 5.11. The number of fused-ring (bicyclic) bond motifs is 1. The van der Waals surface area contributed by atoms with Gasteiger partial charge in [0, 0.05) is 40.7 Å². The standard InChI is InChI=1S/C26H24N4O2/c1-17(18-7-5-4-6-8-18)30-16-21(14-29-30)23-15-28-26-22(23)11-20(13-27-26)19-9-10-24(31-2)25(12-19)32-3/h4-17H,1-3H3,(H,27,28). The van der Waals surface area contributed by atoms with Gasteiger partial charge in [-0.1, -0.05) is 36.4 Å². The zero-order valence-corrected chi connectivity index (χ0v) is 18.2. The van der Waals surface area contributed by atoms with E-state index >= 15 is 0 Å². The summed E-state index contributed by atoms with van der Waals surface area (Å²) >= 11 is 0. The zero-order chi connectivity index (χ0) is 22.1. The molecule has 32 heavy (non-hydrogen) atoms. The molecule has 2 aromatic carbocycles. The maximum absolute atomic E-state index is 5.46. The van der Waals surface area contributed by atoms with Gasteiger partial charge in [0.15, 0.2) is 11.5 Å². The first-order valence-corrected chi connectivity index (χ1v) is 10.5. The summed E-state index contributed by atoms with van der Waals surface area (Å²) in [5.74, 6) is 1.39. The second kappa shape index (κ2) is 8.23. The number of nitrogens with one attached hydrogen (secondary N) is 1. The zero-order valence-electron chi connectivity index (χ0n) is 18.2. The molecule has 0 radical (unpaired) electrons. The Morgan fingerprint density at radius 2 is 1.69 bits per heavy atom. The first-order valence-electron chi connectivity index (χ1n) is 10.5. The highest BCUT2D eigenvalue weighted by Crippen LogP contribution is 2.35. The van der Waals surface area contributed by atoms with Crippen molar-refractivity contribution in [2.75, 3.05) is 14.2 Å². The lowest BCUT2D eigenvalue weighted by Crippen LogP contribution is -2.06. The van der Waals surface area contributed by atoms with Crippen LogP contribution < -0.4 is 9.47 Å². The van der Waals surface area contributed by atoms with E-state index in [4.69, 9.17) is 9.47 Å².